The number of hydrogen-bond acceptors (Lipinski definition) is 13. The molecule has 9 amide bonds. The number of aliphatic imine (C=N–C) groups is 2. The highest BCUT2D eigenvalue weighted by Crippen LogP contribution is 2.28. The molecule has 24 nitrogen and oxygen atoms in total. The van der Waals surface area contributed by atoms with Crippen molar-refractivity contribution in [2.24, 2.45) is 27.2 Å². The Hall–Kier alpha value is -14.3. The number of carbonyl (C=O) groups is 9. The quantitative estimate of drug-likeness (QED) is 0.0198. The molecule has 0 radical (unpaired) electrons. The molecule has 5 unspecified atom stereocenters. The first kappa shape index (κ1) is 96.5. The highest BCUT2D eigenvalue weighted by atomic mass is 35.5. The minimum atomic E-state index is -1.21. The standard InChI is InChI=1S/C28H29ClN4O4.C24H21Cl2N3O2.C23H21ClN4O2.C22H17ClFN3O2/c1-28(2,3)37-27(36)32-22(18-11-6-4-7-12-18)25(34)31-23(20-15-10-16-21(29)17-20)26(35)33-24(30)19-13-8-5-9-14-19;1-15(16-10-12-19(25)13-11-16)23(30)28-21(18-8-5-9-20(26)14-18)24(31)29-22(27)17-6-3-2-4-7-17;24-18-13-7-12-17(14-18)20(23(30)28-21(26)16-10-5-2-6-11-16)27-22(29)19(25)15-8-3-1-4-9-15;23-17-8-4-7-16(13-17)19(26-21(28)15-9-11-18(24)12-10-15)22(29)27-20(25)14-5-2-1-3-6-14/h4-17,22-23H,1-3H3,(H,31,34)(H,32,36)(H2,30,33,35);2-15,21H,1H3,(H,28,30)(H2,27,29,31);1-14,19-20H,25H2,(H,27,29)(H2,26,28,30);1-13,19H,(H,26,28)(H2,25,27,29)/t22-,23?;;19-,20?;/m1.1./s1. The van der Waals surface area contributed by atoms with E-state index >= 15 is 0 Å². The molecule has 0 heterocycles. The van der Waals surface area contributed by atoms with Gasteiger partial charge in [0, 0.05) is 52.9 Å². The fourth-order valence-corrected chi connectivity index (χ4v) is 12.9. The second-order valence-electron chi connectivity index (χ2n) is 29.0. The third-order valence-electron chi connectivity index (χ3n) is 18.5. The molecule has 15 N–H and O–H groups in total. The van der Waals surface area contributed by atoms with Crippen molar-refractivity contribution < 1.29 is 52.3 Å². The van der Waals surface area contributed by atoms with Crippen LogP contribution in [0.5, 0.6) is 0 Å². The van der Waals surface area contributed by atoms with E-state index in [2.05, 4.69) is 47.2 Å². The summed E-state index contributed by atoms with van der Waals surface area (Å²) in [5, 5.41) is 37.2. The van der Waals surface area contributed by atoms with Gasteiger partial charge in [0.15, 0.2) is 0 Å². The fraction of sp³-hybridized carbons (Fsp3) is 0.124. The number of halogens is 6. The van der Waals surface area contributed by atoms with Crippen LogP contribution >= 0.6 is 58.0 Å². The van der Waals surface area contributed by atoms with E-state index in [1.807, 2.05) is 24.3 Å². The number of hydrogen-bond donors (Lipinski definition) is 12. The summed E-state index contributed by atoms with van der Waals surface area (Å²) in [4.78, 5) is 125. The summed E-state index contributed by atoms with van der Waals surface area (Å²) in [6.45, 7) is 6.89. The van der Waals surface area contributed by atoms with Gasteiger partial charge in [-0.15, -0.1) is 0 Å². The van der Waals surface area contributed by atoms with E-state index in [1.54, 1.807) is 307 Å². The molecule has 127 heavy (non-hydrogen) atoms. The first-order valence-corrected chi connectivity index (χ1v) is 41.0. The van der Waals surface area contributed by atoms with Gasteiger partial charge in [-0.25, -0.2) is 9.18 Å². The van der Waals surface area contributed by atoms with Crippen LogP contribution < -0.4 is 54.4 Å². The molecule has 0 aliphatic carbocycles. The zero-order valence-corrected chi connectivity index (χ0v) is 72.5. The lowest BCUT2D eigenvalue weighted by molar-refractivity contribution is -0.129. The number of benzene rings is 12. The van der Waals surface area contributed by atoms with Crippen molar-refractivity contribution in [2.45, 2.75) is 75.5 Å². The van der Waals surface area contributed by atoms with Gasteiger partial charge in [-0.3, -0.25) is 49.2 Å². The molecule has 12 aromatic carbocycles. The van der Waals surface area contributed by atoms with Gasteiger partial charge in [-0.1, -0.05) is 301 Å². The molecule has 0 fully saturated rings. The summed E-state index contributed by atoms with van der Waals surface area (Å²) in [5.74, 6) is -5.63. The summed E-state index contributed by atoms with van der Waals surface area (Å²) < 4.78 is 18.5. The van der Waals surface area contributed by atoms with E-state index < -0.39 is 101 Å². The van der Waals surface area contributed by atoms with Crippen molar-refractivity contribution in [3.8, 4) is 0 Å². The van der Waals surface area contributed by atoms with Crippen molar-refractivity contribution in [3.63, 3.8) is 0 Å². The normalized spacial score (nSPS) is 12.7. The third-order valence-corrected chi connectivity index (χ3v) is 19.7. The van der Waals surface area contributed by atoms with E-state index in [1.165, 1.54) is 12.1 Å². The van der Waals surface area contributed by atoms with Crippen LogP contribution in [0, 0.1) is 16.6 Å². The van der Waals surface area contributed by atoms with Crippen LogP contribution in [-0.4, -0.2) is 82.3 Å². The maximum atomic E-state index is 13.5. The zero-order chi connectivity index (χ0) is 91.7. The van der Waals surface area contributed by atoms with E-state index in [0.29, 0.717) is 80.7 Å². The van der Waals surface area contributed by atoms with E-state index in [9.17, 15) is 47.5 Å². The molecule has 12 aromatic rings. The second-order valence-corrected chi connectivity index (χ2v) is 31.2. The van der Waals surface area contributed by atoms with Crippen LogP contribution in [0.4, 0.5) is 9.18 Å². The maximum absolute atomic E-state index is 13.5. The molecule has 7 atom stereocenters. The zero-order valence-electron chi connectivity index (χ0n) is 68.7. The Morgan fingerprint density at radius 2 is 0.661 bits per heavy atom. The number of nitrogens with one attached hydrogen (secondary N) is 9. The largest absolute Gasteiger partial charge is 0.444 e. The molecule has 0 spiro atoms. The SMILES string of the molecule is CC(C(=O)NC(C(=O)NC(=N)c1ccccc1)c1cccc(Cl)c1)c1ccc(Cl)cc1.CC(C)(C)OC(=O)N[C@@H](C(=O)NC(C(=O)NC(=N)c1ccccc1)c1cccc(Cl)c1)c1ccccc1.NC(=NC(=O)C(NC(=O)[C@H](N)c1ccccc1)c1cccc(Cl)c1)c1ccccc1.NC(=NC(=O)C(NC(=O)c1ccc(F)cc1)c1cccc(Cl)c1)c1ccccc1. The molecule has 0 saturated heterocycles. The number of rotatable bonds is 24. The molecular weight excluding hydrogens is 1720 g/mol. The van der Waals surface area contributed by atoms with E-state index in [-0.39, 0.29) is 34.8 Å². The smallest absolute Gasteiger partial charge is 0.408 e. The van der Waals surface area contributed by atoms with Crippen LogP contribution in [-0.2, 0) is 38.3 Å². The molecule has 12 rings (SSSR count). The molecule has 0 bridgehead atoms. The number of amidine groups is 4. The summed E-state index contributed by atoms with van der Waals surface area (Å²) in [5.41, 5.74) is 23.4. The first-order chi connectivity index (χ1) is 60.8. The monoisotopic (exact) mass is 1800 g/mol. The van der Waals surface area contributed by atoms with Crippen LogP contribution in [0.25, 0.3) is 0 Å². The molecule has 30 heteroatoms. The Labute approximate surface area is 757 Å². The van der Waals surface area contributed by atoms with Crippen LogP contribution in [0.1, 0.15) is 141 Å². The van der Waals surface area contributed by atoms with Crippen LogP contribution in [0.3, 0.4) is 0 Å². The van der Waals surface area contributed by atoms with Crippen LogP contribution in [0.2, 0.25) is 25.1 Å². The van der Waals surface area contributed by atoms with Crippen molar-refractivity contribution in [2.75, 3.05) is 0 Å². The number of amides is 9. The molecule has 0 aromatic heterocycles. The fourth-order valence-electron chi connectivity index (χ4n) is 12.0. The Morgan fingerprint density at radius 1 is 0.339 bits per heavy atom. The summed E-state index contributed by atoms with van der Waals surface area (Å²) in [7, 11) is 0. The van der Waals surface area contributed by atoms with Gasteiger partial charge in [-0.2, -0.15) is 9.98 Å². The summed E-state index contributed by atoms with van der Waals surface area (Å²) >= 11 is 30.3. The van der Waals surface area contributed by atoms with Crippen molar-refractivity contribution in [3.05, 3.63) is 425 Å². The van der Waals surface area contributed by atoms with Crippen molar-refractivity contribution in [1.29, 1.82) is 10.8 Å². The number of nitrogens with two attached hydrogens (primary N) is 3. The number of nitrogens with zero attached hydrogens (tertiary/aromatic N) is 2. The number of carbonyl (C=O) groups excluding carboxylic acids is 9. The maximum Gasteiger partial charge on any atom is 0.408 e. The highest BCUT2D eigenvalue weighted by molar-refractivity contribution is 6.32. The Balaban J connectivity index is 0.000000192. The highest BCUT2D eigenvalue weighted by Gasteiger charge is 2.34. The van der Waals surface area contributed by atoms with Gasteiger partial charge in [0.2, 0.25) is 17.7 Å². The van der Waals surface area contributed by atoms with Gasteiger partial charge in [0.05, 0.1) is 5.92 Å². The Bertz CT molecular complexity index is 5890. The summed E-state index contributed by atoms with van der Waals surface area (Å²) in [6, 6.07) is 84.4. The Morgan fingerprint density at radius 3 is 1.04 bits per heavy atom. The van der Waals surface area contributed by atoms with Gasteiger partial charge < -0.3 is 59.2 Å². The average molecular weight is 1810 g/mol. The molecule has 0 saturated carbocycles. The van der Waals surface area contributed by atoms with Crippen molar-refractivity contribution >= 4 is 135 Å². The van der Waals surface area contributed by atoms with Crippen LogP contribution in [0.15, 0.2) is 338 Å². The number of alkyl carbamates (subject to hydrolysis) is 1. The predicted octanol–water partition coefficient (Wildman–Crippen LogP) is 17.0. The third kappa shape index (κ3) is 30.3. The van der Waals surface area contributed by atoms with E-state index in [0.717, 1.165) is 17.7 Å². The Kier molecular flexibility index (Phi) is 36.1. The van der Waals surface area contributed by atoms with Crippen molar-refractivity contribution in [1.82, 2.24) is 37.2 Å². The minimum absolute atomic E-state index is 0.0265. The van der Waals surface area contributed by atoms with Gasteiger partial charge in [-0.05, 0) is 152 Å². The average Bonchev–Trinajstić information content (AvgIpc) is 0.811. The van der Waals surface area contributed by atoms with Gasteiger partial charge in [0.25, 0.3) is 29.5 Å². The van der Waals surface area contributed by atoms with E-state index in [4.69, 9.17) is 90.8 Å². The number of ether oxygens (including phenoxy) is 1. The molecular formula is C97H88Cl5FN14O10. The second kappa shape index (κ2) is 47.5. The van der Waals surface area contributed by atoms with Gasteiger partial charge >= 0.3 is 6.09 Å². The molecule has 0 aliphatic rings. The lowest BCUT2D eigenvalue weighted by Gasteiger charge is -2.26. The summed E-state index contributed by atoms with van der Waals surface area (Å²) in [6.07, 6.45) is -0.786. The minimum Gasteiger partial charge on any atom is -0.444 e. The topological polar surface area (TPSA) is 398 Å². The predicted molar refractivity (Wildman–Crippen MR) is 494 cm³/mol. The lowest BCUT2D eigenvalue weighted by Crippen LogP contribution is -2.47. The lowest BCUT2D eigenvalue weighted by atomic mass is 9.98. The molecule has 0 aliphatic heterocycles. The molecule has 648 valence electrons. The first-order valence-electron chi connectivity index (χ1n) is 39.1. The van der Waals surface area contributed by atoms with Gasteiger partial charge in [0.1, 0.15) is 71.0 Å².